The second kappa shape index (κ2) is 8.12. The molecule has 0 aromatic heterocycles. The molecule has 0 bridgehead atoms. The van der Waals surface area contributed by atoms with Crippen molar-refractivity contribution in [3.8, 4) is 0 Å². The van der Waals surface area contributed by atoms with E-state index in [2.05, 4.69) is 75.5 Å². The summed E-state index contributed by atoms with van der Waals surface area (Å²) in [7, 11) is 0. The van der Waals surface area contributed by atoms with Gasteiger partial charge in [0.15, 0.2) is 0 Å². The Labute approximate surface area is 163 Å². The molecule has 1 N–H and O–H groups in total. The number of hydrogen-bond acceptors (Lipinski definition) is 1. The lowest BCUT2D eigenvalue weighted by Crippen LogP contribution is -2.24. The lowest BCUT2D eigenvalue weighted by Gasteiger charge is -2.19. The van der Waals surface area contributed by atoms with E-state index in [1.807, 2.05) is 6.08 Å². The van der Waals surface area contributed by atoms with Crippen LogP contribution in [-0.4, -0.2) is 5.91 Å². The van der Waals surface area contributed by atoms with Gasteiger partial charge in [-0.3, -0.25) is 4.79 Å². The topological polar surface area (TPSA) is 29.1 Å². The highest BCUT2D eigenvalue weighted by Crippen LogP contribution is 2.25. The van der Waals surface area contributed by atoms with Crippen molar-refractivity contribution in [3.05, 3.63) is 76.4 Å². The first-order chi connectivity index (χ1) is 12.8. The molecule has 2 aromatic carbocycles. The first kappa shape index (κ1) is 19.4. The smallest absolute Gasteiger partial charge is 0.244 e. The molecule has 1 atom stereocenters. The summed E-state index contributed by atoms with van der Waals surface area (Å²) in [5.41, 5.74) is 6.59. The maximum absolute atomic E-state index is 12.3. The number of benzene rings is 2. The van der Waals surface area contributed by atoms with Crippen LogP contribution in [0.4, 0.5) is 0 Å². The van der Waals surface area contributed by atoms with E-state index in [9.17, 15) is 4.79 Å². The zero-order valence-corrected chi connectivity index (χ0v) is 17.0. The molecular weight excluding hydrogens is 330 g/mol. The van der Waals surface area contributed by atoms with E-state index in [1.54, 1.807) is 6.08 Å². The molecule has 0 saturated heterocycles. The average molecular weight is 362 g/mol. The Hall–Kier alpha value is -2.35. The maximum Gasteiger partial charge on any atom is 0.244 e. The minimum Gasteiger partial charge on any atom is -0.346 e. The number of nitrogens with one attached hydrogen (secondary N) is 1. The van der Waals surface area contributed by atoms with Crippen LogP contribution >= 0.6 is 0 Å². The van der Waals surface area contributed by atoms with Crippen LogP contribution in [0.2, 0.25) is 0 Å². The number of aryl methyl sites for hydroxylation is 2. The third-order valence-corrected chi connectivity index (χ3v) is 5.44. The fraction of sp³-hybridized carbons (Fsp3) is 0.400. The van der Waals surface area contributed by atoms with Gasteiger partial charge in [-0.1, -0.05) is 63.2 Å². The highest BCUT2D eigenvalue weighted by Gasteiger charge is 2.14. The Morgan fingerprint density at radius 2 is 1.67 bits per heavy atom. The monoisotopic (exact) mass is 361 g/mol. The van der Waals surface area contributed by atoms with Gasteiger partial charge in [-0.25, -0.2) is 0 Å². The molecule has 2 aromatic rings. The van der Waals surface area contributed by atoms with E-state index in [4.69, 9.17) is 0 Å². The van der Waals surface area contributed by atoms with Crippen LogP contribution in [0.5, 0.6) is 0 Å². The van der Waals surface area contributed by atoms with Crippen LogP contribution in [0, 0.1) is 0 Å². The summed E-state index contributed by atoms with van der Waals surface area (Å²) in [6.07, 6.45) is 8.41. The van der Waals surface area contributed by atoms with Crippen molar-refractivity contribution in [1.82, 2.24) is 5.32 Å². The predicted octanol–water partition coefficient (Wildman–Crippen LogP) is 5.75. The summed E-state index contributed by atoms with van der Waals surface area (Å²) in [6.45, 7) is 8.66. The molecule has 142 valence electrons. The number of rotatable bonds is 4. The minimum atomic E-state index is -0.0554. The Bertz CT molecular complexity index is 824. The molecule has 0 saturated carbocycles. The maximum atomic E-state index is 12.3. The van der Waals surface area contributed by atoms with Crippen molar-refractivity contribution >= 4 is 12.0 Å². The third kappa shape index (κ3) is 5.09. The molecule has 27 heavy (non-hydrogen) atoms. The van der Waals surface area contributed by atoms with Gasteiger partial charge in [0, 0.05) is 6.08 Å². The fourth-order valence-corrected chi connectivity index (χ4v) is 3.63. The van der Waals surface area contributed by atoms with Crippen LogP contribution in [0.15, 0.2) is 48.5 Å². The number of hydrogen-bond donors (Lipinski definition) is 1. The molecule has 3 rings (SSSR count). The van der Waals surface area contributed by atoms with Crippen molar-refractivity contribution < 1.29 is 4.79 Å². The first-order valence-electron chi connectivity index (χ1n) is 10.0. The number of carbonyl (C=O) groups is 1. The lowest BCUT2D eigenvalue weighted by molar-refractivity contribution is -0.117. The van der Waals surface area contributed by atoms with Crippen LogP contribution in [0.1, 0.15) is 74.4 Å². The van der Waals surface area contributed by atoms with E-state index in [-0.39, 0.29) is 17.4 Å². The zero-order valence-electron chi connectivity index (χ0n) is 17.0. The Morgan fingerprint density at radius 1 is 1.00 bits per heavy atom. The number of amides is 1. The van der Waals surface area contributed by atoms with Crippen molar-refractivity contribution in [2.45, 2.75) is 64.8 Å². The summed E-state index contributed by atoms with van der Waals surface area (Å²) in [4.78, 5) is 12.3. The molecule has 1 aliphatic carbocycles. The van der Waals surface area contributed by atoms with Gasteiger partial charge in [-0.05, 0) is 71.9 Å². The van der Waals surface area contributed by atoms with Gasteiger partial charge in [-0.2, -0.15) is 0 Å². The summed E-state index contributed by atoms with van der Waals surface area (Å²) in [6, 6.07) is 15.1. The molecule has 2 nitrogen and oxygen atoms in total. The Morgan fingerprint density at radius 3 is 2.33 bits per heavy atom. The molecule has 1 aliphatic rings. The van der Waals surface area contributed by atoms with Gasteiger partial charge in [0.1, 0.15) is 0 Å². The van der Waals surface area contributed by atoms with Crippen molar-refractivity contribution in [2.24, 2.45) is 0 Å². The summed E-state index contributed by atoms with van der Waals surface area (Å²) in [5.74, 6) is -0.0554. The third-order valence-electron chi connectivity index (χ3n) is 5.44. The molecule has 0 radical (unpaired) electrons. The summed E-state index contributed by atoms with van der Waals surface area (Å²) < 4.78 is 0. The van der Waals surface area contributed by atoms with Gasteiger partial charge in [-0.15, -0.1) is 0 Å². The van der Waals surface area contributed by atoms with Crippen LogP contribution in [-0.2, 0) is 23.1 Å². The van der Waals surface area contributed by atoms with Crippen molar-refractivity contribution in [1.29, 1.82) is 0 Å². The van der Waals surface area contributed by atoms with E-state index in [0.29, 0.717) is 0 Å². The molecule has 0 spiro atoms. The molecule has 2 heteroatoms. The average Bonchev–Trinajstić information content (AvgIpc) is 2.65. The summed E-state index contributed by atoms with van der Waals surface area (Å²) in [5, 5.41) is 3.08. The molecular formula is C25H31NO. The van der Waals surface area contributed by atoms with E-state index < -0.39 is 0 Å². The van der Waals surface area contributed by atoms with E-state index >= 15 is 0 Å². The first-order valence-corrected chi connectivity index (χ1v) is 10.0. The molecule has 1 amide bonds. The predicted molar refractivity (Wildman–Crippen MR) is 114 cm³/mol. The second-order valence-corrected chi connectivity index (χ2v) is 8.67. The summed E-state index contributed by atoms with van der Waals surface area (Å²) >= 11 is 0. The zero-order chi connectivity index (χ0) is 19.4. The van der Waals surface area contributed by atoms with Crippen LogP contribution in [0.25, 0.3) is 6.08 Å². The fourth-order valence-electron chi connectivity index (χ4n) is 3.63. The van der Waals surface area contributed by atoms with Gasteiger partial charge in [0.2, 0.25) is 5.91 Å². The highest BCUT2D eigenvalue weighted by molar-refractivity contribution is 5.92. The van der Waals surface area contributed by atoms with Gasteiger partial charge in [0.05, 0.1) is 6.04 Å². The van der Waals surface area contributed by atoms with Crippen LogP contribution in [0.3, 0.4) is 0 Å². The van der Waals surface area contributed by atoms with Gasteiger partial charge in [0.25, 0.3) is 0 Å². The number of fused-ring (bicyclic) bond motifs is 1. The molecule has 1 unspecified atom stereocenters. The number of carbonyl (C=O) groups excluding carboxylic acids is 1. The van der Waals surface area contributed by atoms with Crippen molar-refractivity contribution in [3.63, 3.8) is 0 Å². The Kier molecular flexibility index (Phi) is 5.84. The second-order valence-electron chi connectivity index (χ2n) is 8.67. The van der Waals surface area contributed by atoms with Crippen LogP contribution < -0.4 is 5.32 Å². The van der Waals surface area contributed by atoms with Gasteiger partial charge < -0.3 is 5.32 Å². The largest absolute Gasteiger partial charge is 0.346 e. The Balaban J connectivity index is 1.60. The molecule has 0 heterocycles. The SMILES string of the molecule is CC(NC(=O)/C=C/c1ccc(C(C)(C)C)cc1)c1ccc2c(c1)CCCC2. The minimum absolute atomic E-state index is 0.0117. The lowest BCUT2D eigenvalue weighted by atomic mass is 9.87. The standard InChI is InChI=1S/C25H31NO/c1-18(21-13-12-20-7-5-6-8-22(20)17-21)26-24(27)16-11-19-9-14-23(15-10-19)25(2,3)4/h9-18H,5-8H2,1-4H3,(H,26,27)/b16-11+. The molecule has 0 fully saturated rings. The molecule has 0 aliphatic heterocycles. The highest BCUT2D eigenvalue weighted by atomic mass is 16.1. The van der Waals surface area contributed by atoms with Gasteiger partial charge >= 0.3 is 0 Å². The van der Waals surface area contributed by atoms with Crippen molar-refractivity contribution in [2.75, 3.05) is 0 Å². The quantitative estimate of drug-likeness (QED) is 0.690. The van der Waals surface area contributed by atoms with E-state index in [1.165, 1.54) is 41.5 Å². The van der Waals surface area contributed by atoms with E-state index in [0.717, 1.165) is 12.0 Å². The normalized spacial score (nSPS) is 15.4.